The molecule has 1 amide bonds. The highest BCUT2D eigenvalue weighted by atomic mass is 16.3. The third kappa shape index (κ3) is 2.07. The van der Waals surface area contributed by atoms with Crippen LogP contribution >= 0.6 is 0 Å². The van der Waals surface area contributed by atoms with Gasteiger partial charge in [0.25, 0.3) is 5.91 Å². The summed E-state index contributed by atoms with van der Waals surface area (Å²) in [5.74, 6) is -0.00315. The van der Waals surface area contributed by atoms with Crippen molar-refractivity contribution in [1.82, 2.24) is 5.32 Å². The molecule has 3 nitrogen and oxygen atoms in total. The van der Waals surface area contributed by atoms with Crippen molar-refractivity contribution in [3.05, 3.63) is 34.9 Å². The predicted molar refractivity (Wildman–Crippen MR) is 65.0 cm³/mol. The van der Waals surface area contributed by atoms with Crippen molar-refractivity contribution < 1.29 is 9.90 Å². The van der Waals surface area contributed by atoms with Gasteiger partial charge in [0.15, 0.2) is 0 Å². The number of aryl methyl sites for hydroxylation is 2. The third-order valence-corrected chi connectivity index (χ3v) is 3.81. The second-order valence-electron chi connectivity index (χ2n) is 5.13. The summed E-state index contributed by atoms with van der Waals surface area (Å²) in [7, 11) is 0. The Morgan fingerprint density at radius 3 is 2.76 bits per heavy atom. The molecule has 1 aromatic carbocycles. The van der Waals surface area contributed by atoms with Gasteiger partial charge < -0.3 is 10.4 Å². The van der Waals surface area contributed by atoms with E-state index in [1.54, 1.807) is 0 Å². The highest BCUT2D eigenvalue weighted by Crippen LogP contribution is 2.24. The lowest BCUT2D eigenvalue weighted by Crippen LogP contribution is -2.46. The summed E-state index contributed by atoms with van der Waals surface area (Å²) in [6.07, 6.45) is 4.60. The van der Waals surface area contributed by atoms with Gasteiger partial charge in [-0.1, -0.05) is 6.07 Å². The zero-order valence-corrected chi connectivity index (χ0v) is 9.78. The van der Waals surface area contributed by atoms with Crippen LogP contribution in [0.15, 0.2) is 18.2 Å². The van der Waals surface area contributed by atoms with Crippen LogP contribution in [-0.2, 0) is 12.8 Å². The van der Waals surface area contributed by atoms with Crippen LogP contribution < -0.4 is 5.32 Å². The molecule has 0 bridgehead atoms. The Balaban J connectivity index is 1.69. The van der Waals surface area contributed by atoms with E-state index in [2.05, 4.69) is 11.4 Å². The molecule has 2 aliphatic rings. The van der Waals surface area contributed by atoms with Crippen molar-refractivity contribution in [3.8, 4) is 0 Å². The fraction of sp³-hybridized carbons (Fsp3) is 0.500. The van der Waals surface area contributed by atoms with Crippen LogP contribution in [0.3, 0.4) is 0 Å². The fourth-order valence-electron chi connectivity index (χ4n) is 2.69. The number of nitrogens with one attached hydrogen (secondary N) is 1. The minimum absolute atomic E-state index is 0.00315. The van der Waals surface area contributed by atoms with Gasteiger partial charge in [0.2, 0.25) is 0 Å². The third-order valence-electron chi connectivity index (χ3n) is 3.81. The van der Waals surface area contributed by atoms with Gasteiger partial charge in [-0.25, -0.2) is 0 Å². The molecule has 0 aliphatic heterocycles. The quantitative estimate of drug-likeness (QED) is 0.809. The monoisotopic (exact) mass is 231 g/mol. The molecule has 90 valence electrons. The zero-order valence-electron chi connectivity index (χ0n) is 9.78. The van der Waals surface area contributed by atoms with Crippen LogP contribution in [-0.4, -0.2) is 23.2 Å². The number of fused-ring (bicyclic) bond motifs is 1. The maximum Gasteiger partial charge on any atom is 0.251 e. The van der Waals surface area contributed by atoms with Gasteiger partial charge in [-0.05, 0) is 55.4 Å². The van der Waals surface area contributed by atoms with Crippen molar-refractivity contribution >= 4 is 5.91 Å². The summed E-state index contributed by atoms with van der Waals surface area (Å²) in [6.45, 7) is 0. The van der Waals surface area contributed by atoms with E-state index < -0.39 is 0 Å². The van der Waals surface area contributed by atoms with Crippen LogP contribution in [0.1, 0.15) is 40.7 Å². The van der Waals surface area contributed by atoms with E-state index in [4.69, 9.17) is 0 Å². The van der Waals surface area contributed by atoms with E-state index in [0.29, 0.717) is 12.8 Å². The summed E-state index contributed by atoms with van der Waals surface area (Å²) in [6, 6.07) is 6.17. The number of amides is 1. The van der Waals surface area contributed by atoms with E-state index in [9.17, 15) is 9.90 Å². The number of hydrogen-bond acceptors (Lipinski definition) is 2. The Labute approximate surface area is 101 Å². The van der Waals surface area contributed by atoms with Crippen LogP contribution in [0.2, 0.25) is 0 Å². The highest BCUT2D eigenvalue weighted by Gasteiger charge is 2.28. The normalized spacial score (nSPS) is 26.2. The Kier molecular flexibility index (Phi) is 2.63. The van der Waals surface area contributed by atoms with Crippen molar-refractivity contribution in [1.29, 1.82) is 0 Å². The Morgan fingerprint density at radius 2 is 2.00 bits per heavy atom. The average Bonchev–Trinajstić information content (AvgIpc) is 2.73. The summed E-state index contributed by atoms with van der Waals surface area (Å²) in [5, 5.41) is 12.1. The number of carbonyl (C=O) groups excluding carboxylic acids is 1. The predicted octanol–water partition coefficient (Wildman–Crippen LogP) is 1.43. The van der Waals surface area contributed by atoms with Gasteiger partial charge in [-0.3, -0.25) is 4.79 Å². The van der Waals surface area contributed by atoms with Crippen LogP contribution in [0.5, 0.6) is 0 Å². The summed E-state index contributed by atoms with van der Waals surface area (Å²) < 4.78 is 0. The van der Waals surface area contributed by atoms with Gasteiger partial charge >= 0.3 is 0 Å². The molecule has 0 unspecified atom stereocenters. The van der Waals surface area contributed by atoms with E-state index >= 15 is 0 Å². The lowest BCUT2D eigenvalue weighted by Gasteiger charge is -2.31. The first kappa shape index (κ1) is 10.8. The van der Waals surface area contributed by atoms with Gasteiger partial charge in [-0.2, -0.15) is 0 Å². The molecular weight excluding hydrogens is 214 g/mol. The van der Waals surface area contributed by atoms with E-state index in [1.807, 2.05) is 12.1 Å². The molecule has 0 heterocycles. The molecule has 2 aliphatic carbocycles. The minimum Gasteiger partial charge on any atom is -0.393 e. The number of hydrogen-bond donors (Lipinski definition) is 2. The number of rotatable bonds is 2. The van der Waals surface area contributed by atoms with E-state index in [-0.39, 0.29) is 18.1 Å². The molecule has 0 atom stereocenters. The Morgan fingerprint density at radius 1 is 1.24 bits per heavy atom. The van der Waals surface area contributed by atoms with Gasteiger partial charge in [0, 0.05) is 11.6 Å². The first-order chi connectivity index (χ1) is 8.22. The maximum atomic E-state index is 12.0. The molecule has 3 heteroatoms. The summed E-state index contributed by atoms with van der Waals surface area (Å²) in [5.41, 5.74) is 3.47. The largest absolute Gasteiger partial charge is 0.393 e. The Bertz CT molecular complexity index is 450. The van der Waals surface area contributed by atoms with E-state index in [1.165, 1.54) is 17.5 Å². The molecule has 1 saturated carbocycles. The first-order valence-electron chi connectivity index (χ1n) is 6.33. The zero-order chi connectivity index (χ0) is 11.8. The molecule has 0 saturated heterocycles. The summed E-state index contributed by atoms with van der Waals surface area (Å²) >= 11 is 0. The molecule has 2 N–H and O–H groups in total. The number of carbonyl (C=O) groups is 1. The van der Waals surface area contributed by atoms with Crippen LogP contribution in [0.4, 0.5) is 0 Å². The number of aliphatic hydroxyl groups is 1. The van der Waals surface area contributed by atoms with Crippen LogP contribution in [0.25, 0.3) is 0 Å². The summed E-state index contributed by atoms with van der Waals surface area (Å²) in [4.78, 5) is 12.0. The molecule has 0 spiro atoms. The molecule has 1 fully saturated rings. The molecule has 1 aromatic rings. The number of benzene rings is 1. The van der Waals surface area contributed by atoms with Gasteiger partial charge in [0.05, 0.1) is 6.10 Å². The van der Waals surface area contributed by atoms with Crippen LogP contribution in [0, 0.1) is 0 Å². The van der Waals surface area contributed by atoms with E-state index in [0.717, 1.165) is 18.4 Å². The van der Waals surface area contributed by atoms with Crippen molar-refractivity contribution in [2.75, 3.05) is 0 Å². The van der Waals surface area contributed by atoms with Crippen molar-refractivity contribution in [3.63, 3.8) is 0 Å². The molecule has 17 heavy (non-hydrogen) atoms. The Hall–Kier alpha value is -1.35. The molecular formula is C14H17NO2. The van der Waals surface area contributed by atoms with Gasteiger partial charge in [0.1, 0.15) is 0 Å². The number of aliphatic hydroxyl groups excluding tert-OH is 1. The minimum atomic E-state index is -0.222. The first-order valence-corrected chi connectivity index (χ1v) is 6.33. The lowest BCUT2D eigenvalue weighted by atomic mass is 9.89. The SMILES string of the molecule is O=C(NC1CC(O)C1)c1ccc2c(c1)CCC2. The molecule has 0 radical (unpaired) electrons. The van der Waals surface area contributed by atoms with Crippen molar-refractivity contribution in [2.24, 2.45) is 0 Å². The fourth-order valence-corrected chi connectivity index (χ4v) is 2.69. The molecule has 3 rings (SSSR count). The van der Waals surface area contributed by atoms with Crippen molar-refractivity contribution in [2.45, 2.75) is 44.2 Å². The second kappa shape index (κ2) is 4.15. The standard InChI is InChI=1S/C14H17NO2/c16-13-7-12(8-13)15-14(17)11-5-4-9-2-1-3-10(9)6-11/h4-6,12-13,16H,1-3,7-8H2,(H,15,17). The lowest BCUT2D eigenvalue weighted by molar-refractivity contribution is 0.0562. The molecule has 0 aromatic heterocycles. The average molecular weight is 231 g/mol. The topological polar surface area (TPSA) is 49.3 Å². The smallest absolute Gasteiger partial charge is 0.251 e. The highest BCUT2D eigenvalue weighted by molar-refractivity contribution is 5.94. The second-order valence-corrected chi connectivity index (χ2v) is 5.13. The van der Waals surface area contributed by atoms with Gasteiger partial charge in [-0.15, -0.1) is 0 Å². The maximum absolute atomic E-state index is 12.0.